The zero-order valence-corrected chi connectivity index (χ0v) is 14.0. The van der Waals surface area contributed by atoms with Gasteiger partial charge in [-0.2, -0.15) is 0 Å². The van der Waals surface area contributed by atoms with E-state index in [2.05, 4.69) is 0 Å². The van der Waals surface area contributed by atoms with Gasteiger partial charge in [0.2, 0.25) is 5.91 Å². The Bertz CT molecular complexity index is 633. The van der Waals surface area contributed by atoms with E-state index in [-0.39, 0.29) is 18.4 Å². The largest absolute Gasteiger partial charge is 0.444 e. The lowest BCUT2D eigenvalue weighted by molar-refractivity contribution is -0.118. The van der Waals surface area contributed by atoms with E-state index in [9.17, 15) is 19.8 Å². The van der Waals surface area contributed by atoms with Gasteiger partial charge >= 0.3 is 6.09 Å². The van der Waals surface area contributed by atoms with Gasteiger partial charge in [0.15, 0.2) is 0 Å². The lowest BCUT2D eigenvalue weighted by Crippen LogP contribution is -2.32. The number of primary amides is 1. The first-order chi connectivity index (χ1) is 11.9. The first kappa shape index (κ1) is 17.7. The number of aliphatic hydroxyl groups is 2. The number of amides is 2. The number of cyclic esters (lactones) is 1. The molecule has 0 aromatic heterocycles. The van der Waals surface area contributed by atoms with Gasteiger partial charge in [-0.15, -0.1) is 0 Å². The number of aliphatic hydroxyl groups excluding tert-OH is 2. The summed E-state index contributed by atoms with van der Waals surface area (Å²) in [6.45, 7) is 0.403. The molecule has 1 aliphatic carbocycles. The molecule has 0 spiro atoms. The van der Waals surface area contributed by atoms with Gasteiger partial charge in [-0.05, 0) is 49.3 Å². The topological polar surface area (TPSA) is 113 Å². The molecule has 0 radical (unpaired) electrons. The lowest BCUT2D eigenvalue weighted by Gasteiger charge is -2.30. The monoisotopic (exact) mass is 348 g/mol. The van der Waals surface area contributed by atoms with Gasteiger partial charge < -0.3 is 20.7 Å². The minimum atomic E-state index is -0.682. The Kier molecular flexibility index (Phi) is 5.24. The Morgan fingerprint density at radius 1 is 1.20 bits per heavy atom. The second-order valence-corrected chi connectivity index (χ2v) is 6.86. The number of benzene rings is 1. The third-order valence-electron chi connectivity index (χ3n) is 5.04. The van der Waals surface area contributed by atoms with Crippen LogP contribution in [0.2, 0.25) is 0 Å². The Morgan fingerprint density at radius 2 is 1.92 bits per heavy atom. The number of carbonyl (C=O) groups is 2. The molecule has 1 aromatic carbocycles. The molecule has 3 rings (SSSR count). The quantitative estimate of drug-likeness (QED) is 0.741. The highest BCUT2D eigenvalue weighted by Gasteiger charge is 2.33. The SMILES string of the molecule is NC(=O)CCC1CN(c2ccc(C3CCC(O)C(O)C3)cc2)C(=O)O1. The zero-order chi connectivity index (χ0) is 18.0. The average Bonchev–Trinajstić information content (AvgIpc) is 2.96. The van der Waals surface area contributed by atoms with Crippen LogP contribution in [0.25, 0.3) is 0 Å². The molecule has 4 unspecified atom stereocenters. The fraction of sp³-hybridized carbons (Fsp3) is 0.556. The summed E-state index contributed by atoms with van der Waals surface area (Å²) in [5.74, 6) is -0.195. The van der Waals surface area contributed by atoms with Crippen molar-refractivity contribution in [3.05, 3.63) is 29.8 Å². The van der Waals surface area contributed by atoms with Crippen LogP contribution in [0.5, 0.6) is 0 Å². The van der Waals surface area contributed by atoms with Crippen molar-refractivity contribution >= 4 is 17.7 Å². The number of nitrogens with zero attached hydrogens (tertiary/aromatic N) is 1. The van der Waals surface area contributed by atoms with Gasteiger partial charge in [-0.3, -0.25) is 9.69 Å². The predicted octanol–water partition coefficient (Wildman–Crippen LogP) is 1.27. The van der Waals surface area contributed by atoms with Crippen LogP contribution in [-0.2, 0) is 9.53 Å². The molecule has 2 aliphatic rings. The van der Waals surface area contributed by atoms with E-state index < -0.39 is 24.2 Å². The van der Waals surface area contributed by atoms with Crippen LogP contribution in [0.4, 0.5) is 10.5 Å². The van der Waals surface area contributed by atoms with Gasteiger partial charge in [0.1, 0.15) is 6.10 Å². The number of rotatable bonds is 5. The van der Waals surface area contributed by atoms with E-state index in [4.69, 9.17) is 10.5 Å². The van der Waals surface area contributed by atoms with Crippen LogP contribution < -0.4 is 10.6 Å². The molecule has 1 aliphatic heterocycles. The van der Waals surface area contributed by atoms with Crippen molar-refractivity contribution in [2.24, 2.45) is 5.73 Å². The first-order valence-electron chi connectivity index (χ1n) is 8.66. The molecule has 1 heterocycles. The molecule has 4 N–H and O–H groups in total. The van der Waals surface area contributed by atoms with Crippen molar-refractivity contribution in [2.45, 2.75) is 56.3 Å². The van der Waals surface area contributed by atoms with Crippen LogP contribution in [-0.4, -0.2) is 47.1 Å². The number of hydrogen-bond donors (Lipinski definition) is 3. The van der Waals surface area contributed by atoms with Crippen LogP contribution in [0.1, 0.15) is 43.6 Å². The Hall–Kier alpha value is -2.12. The summed E-state index contributed by atoms with van der Waals surface area (Å²) in [6.07, 6.45) is 0.532. The normalized spacial score (nSPS) is 29.5. The molecule has 1 aromatic rings. The summed E-state index contributed by atoms with van der Waals surface area (Å²) < 4.78 is 5.27. The fourth-order valence-corrected chi connectivity index (χ4v) is 3.55. The third-order valence-corrected chi connectivity index (χ3v) is 5.04. The number of ether oxygens (including phenoxy) is 1. The first-order valence-corrected chi connectivity index (χ1v) is 8.66. The average molecular weight is 348 g/mol. The summed E-state index contributed by atoms with van der Waals surface area (Å²) in [5.41, 5.74) is 6.96. The smallest absolute Gasteiger partial charge is 0.414 e. The molecule has 2 fully saturated rings. The highest BCUT2D eigenvalue weighted by atomic mass is 16.6. The van der Waals surface area contributed by atoms with E-state index >= 15 is 0 Å². The van der Waals surface area contributed by atoms with Gasteiger partial charge in [0.05, 0.1) is 18.8 Å². The van der Waals surface area contributed by atoms with Crippen molar-refractivity contribution in [1.82, 2.24) is 0 Å². The van der Waals surface area contributed by atoms with Crippen molar-refractivity contribution in [3.8, 4) is 0 Å². The van der Waals surface area contributed by atoms with Crippen molar-refractivity contribution in [3.63, 3.8) is 0 Å². The summed E-state index contributed by atoms with van der Waals surface area (Å²) in [4.78, 5) is 24.4. The summed E-state index contributed by atoms with van der Waals surface area (Å²) in [5, 5.41) is 19.5. The summed E-state index contributed by atoms with van der Waals surface area (Å²) in [6, 6.07) is 7.64. The molecule has 2 amide bonds. The fourth-order valence-electron chi connectivity index (χ4n) is 3.55. The molecular formula is C18H24N2O5. The van der Waals surface area contributed by atoms with Crippen LogP contribution in [0.3, 0.4) is 0 Å². The van der Waals surface area contributed by atoms with E-state index in [1.165, 1.54) is 0 Å². The standard InChI is InChI=1S/C18H24N2O5/c19-17(23)8-6-14-10-20(18(24)25-14)13-4-1-11(2-5-13)12-3-7-15(21)16(22)9-12/h1-2,4-5,12,14-16,21-22H,3,6-10H2,(H2,19,23). The molecule has 25 heavy (non-hydrogen) atoms. The minimum Gasteiger partial charge on any atom is -0.444 e. The van der Waals surface area contributed by atoms with Crippen LogP contribution in [0.15, 0.2) is 24.3 Å². The van der Waals surface area contributed by atoms with Crippen molar-refractivity contribution < 1.29 is 24.5 Å². The Labute approximate surface area is 146 Å². The predicted molar refractivity (Wildman–Crippen MR) is 91.1 cm³/mol. The Balaban J connectivity index is 1.62. The van der Waals surface area contributed by atoms with Gasteiger partial charge in [-0.1, -0.05) is 12.1 Å². The molecule has 7 heteroatoms. The lowest BCUT2D eigenvalue weighted by atomic mass is 9.81. The Morgan fingerprint density at radius 3 is 2.56 bits per heavy atom. The van der Waals surface area contributed by atoms with Gasteiger partial charge in [-0.25, -0.2) is 4.79 Å². The molecule has 7 nitrogen and oxygen atoms in total. The number of hydrogen-bond acceptors (Lipinski definition) is 5. The van der Waals surface area contributed by atoms with Crippen LogP contribution in [0, 0.1) is 0 Å². The second kappa shape index (κ2) is 7.41. The highest BCUT2D eigenvalue weighted by Crippen LogP contribution is 2.34. The van der Waals surface area contributed by atoms with E-state index in [1.54, 1.807) is 4.90 Å². The van der Waals surface area contributed by atoms with E-state index in [1.807, 2.05) is 24.3 Å². The molecule has 0 bridgehead atoms. The maximum atomic E-state index is 12.0. The maximum Gasteiger partial charge on any atom is 0.414 e. The van der Waals surface area contributed by atoms with E-state index in [0.717, 1.165) is 17.7 Å². The minimum absolute atomic E-state index is 0.195. The maximum absolute atomic E-state index is 12.0. The van der Waals surface area contributed by atoms with Gasteiger partial charge in [0, 0.05) is 12.1 Å². The molecular weight excluding hydrogens is 324 g/mol. The van der Waals surface area contributed by atoms with Crippen molar-refractivity contribution in [1.29, 1.82) is 0 Å². The summed E-state index contributed by atoms with van der Waals surface area (Å²) in [7, 11) is 0. The summed E-state index contributed by atoms with van der Waals surface area (Å²) >= 11 is 0. The molecule has 1 saturated carbocycles. The van der Waals surface area contributed by atoms with E-state index in [0.29, 0.717) is 25.8 Å². The molecule has 4 atom stereocenters. The number of nitrogens with two attached hydrogens (primary N) is 1. The zero-order valence-electron chi connectivity index (χ0n) is 14.0. The number of carbonyl (C=O) groups excluding carboxylic acids is 2. The molecule has 1 saturated heterocycles. The van der Waals surface area contributed by atoms with Crippen LogP contribution >= 0.6 is 0 Å². The number of anilines is 1. The third kappa shape index (κ3) is 4.11. The highest BCUT2D eigenvalue weighted by molar-refractivity contribution is 5.89. The van der Waals surface area contributed by atoms with Gasteiger partial charge in [0.25, 0.3) is 0 Å². The van der Waals surface area contributed by atoms with Crippen molar-refractivity contribution in [2.75, 3.05) is 11.4 Å². The molecule has 136 valence electrons. The second-order valence-electron chi connectivity index (χ2n) is 6.86.